The van der Waals surface area contributed by atoms with E-state index in [4.69, 9.17) is 4.74 Å². The first-order valence-electron chi connectivity index (χ1n) is 5.83. The van der Waals surface area contributed by atoms with Gasteiger partial charge in [-0.25, -0.2) is 4.98 Å². The van der Waals surface area contributed by atoms with Gasteiger partial charge in [-0.05, 0) is 19.4 Å². The Balaban J connectivity index is 2.45. The molecule has 0 aliphatic carbocycles. The minimum absolute atomic E-state index is 0.419. The lowest BCUT2D eigenvalue weighted by Gasteiger charge is -2.17. The van der Waals surface area contributed by atoms with E-state index >= 15 is 0 Å². The minimum Gasteiger partial charge on any atom is -0.385 e. The van der Waals surface area contributed by atoms with Crippen molar-refractivity contribution in [2.24, 2.45) is 7.05 Å². The molecule has 5 nitrogen and oxygen atoms in total. The SMILES string of the molecule is CCCNC(CCOC)Cc1ncnn1C. The second-order valence-electron chi connectivity index (χ2n) is 3.94. The van der Waals surface area contributed by atoms with Crippen molar-refractivity contribution in [1.29, 1.82) is 0 Å². The van der Waals surface area contributed by atoms with Crippen LogP contribution in [0.2, 0.25) is 0 Å². The van der Waals surface area contributed by atoms with E-state index < -0.39 is 0 Å². The van der Waals surface area contributed by atoms with Gasteiger partial charge in [0.05, 0.1) is 0 Å². The summed E-state index contributed by atoms with van der Waals surface area (Å²) in [5.74, 6) is 1.02. The van der Waals surface area contributed by atoms with Crippen molar-refractivity contribution in [2.45, 2.75) is 32.2 Å². The summed E-state index contributed by atoms with van der Waals surface area (Å²) in [7, 11) is 3.66. The quantitative estimate of drug-likeness (QED) is 0.711. The first-order chi connectivity index (χ1) is 7.77. The Morgan fingerprint density at radius 1 is 1.56 bits per heavy atom. The number of nitrogens with zero attached hydrogens (tertiary/aromatic N) is 3. The van der Waals surface area contributed by atoms with Crippen LogP contribution in [0.3, 0.4) is 0 Å². The van der Waals surface area contributed by atoms with Crippen LogP contribution >= 0.6 is 0 Å². The number of hydrogen-bond donors (Lipinski definition) is 1. The highest BCUT2D eigenvalue weighted by atomic mass is 16.5. The summed E-state index contributed by atoms with van der Waals surface area (Å²) in [4.78, 5) is 4.24. The van der Waals surface area contributed by atoms with Gasteiger partial charge in [-0.2, -0.15) is 5.10 Å². The summed E-state index contributed by atoms with van der Waals surface area (Å²) < 4.78 is 6.95. The Labute approximate surface area is 97.2 Å². The molecule has 5 heteroatoms. The molecule has 0 aliphatic rings. The fraction of sp³-hybridized carbons (Fsp3) is 0.818. The van der Waals surface area contributed by atoms with Gasteiger partial charge in [-0.15, -0.1) is 0 Å². The molecule has 0 aromatic carbocycles. The zero-order valence-electron chi connectivity index (χ0n) is 10.4. The van der Waals surface area contributed by atoms with Crippen molar-refractivity contribution in [3.05, 3.63) is 12.2 Å². The number of methoxy groups -OCH3 is 1. The Hall–Kier alpha value is -0.940. The predicted octanol–water partition coefficient (Wildman–Crippen LogP) is 0.762. The summed E-state index contributed by atoms with van der Waals surface area (Å²) in [6, 6.07) is 0.419. The topological polar surface area (TPSA) is 52.0 Å². The summed E-state index contributed by atoms with van der Waals surface area (Å²) in [5.41, 5.74) is 0. The zero-order valence-corrected chi connectivity index (χ0v) is 10.4. The van der Waals surface area contributed by atoms with Crippen molar-refractivity contribution in [2.75, 3.05) is 20.3 Å². The molecule has 1 aromatic heterocycles. The molecule has 92 valence electrons. The van der Waals surface area contributed by atoms with E-state index in [0.717, 1.165) is 38.2 Å². The first kappa shape index (κ1) is 13.1. The van der Waals surface area contributed by atoms with Crippen molar-refractivity contribution in [3.63, 3.8) is 0 Å². The van der Waals surface area contributed by atoms with E-state index in [2.05, 4.69) is 22.3 Å². The lowest BCUT2D eigenvalue weighted by Crippen LogP contribution is -2.33. The summed E-state index contributed by atoms with van der Waals surface area (Å²) in [6.07, 6.45) is 4.65. The molecule has 0 aliphatic heterocycles. The van der Waals surface area contributed by atoms with Gasteiger partial charge in [-0.3, -0.25) is 4.68 Å². The number of hydrogen-bond acceptors (Lipinski definition) is 4. The highest BCUT2D eigenvalue weighted by molar-refractivity contribution is 4.88. The lowest BCUT2D eigenvalue weighted by molar-refractivity contribution is 0.182. The predicted molar refractivity (Wildman–Crippen MR) is 63.3 cm³/mol. The molecule has 1 heterocycles. The van der Waals surface area contributed by atoms with Crippen molar-refractivity contribution in [1.82, 2.24) is 20.1 Å². The van der Waals surface area contributed by atoms with E-state index in [1.54, 1.807) is 13.4 Å². The summed E-state index contributed by atoms with van der Waals surface area (Å²) in [5, 5.41) is 7.59. The third-order valence-electron chi connectivity index (χ3n) is 2.59. The van der Waals surface area contributed by atoms with Crippen LogP contribution in [-0.2, 0) is 18.2 Å². The van der Waals surface area contributed by atoms with E-state index in [1.807, 2.05) is 11.7 Å². The first-order valence-corrected chi connectivity index (χ1v) is 5.83. The Morgan fingerprint density at radius 3 is 2.94 bits per heavy atom. The molecule has 1 atom stereocenters. The van der Waals surface area contributed by atoms with Crippen LogP contribution in [-0.4, -0.2) is 41.1 Å². The monoisotopic (exact) mass is 226 g/mol. The highest BCUT2D eigenvalue weighted by Crippen LogP contribution is 2.02. The molecule has 1 unspecified atom stereocenters. The van der Waals surface area contributed by atoms with Crippen LogP contribution in [0, 0.1) is 0 Å². The van der Waals surface area contributed by atoms with Gasteiger partial charge in [0.2, 0.25) is 0 Å². The molecular weight excluding hydrogens is 204 g/mol. The fourth-order valence-electron chi connectivity index (χ4n) is 1.61. The van der Waals surface area contributed by atoms with Gasteiger partial charge < -0.3 is 10.1 Å². The van der Waals surface area contributed by atoms with Crippen LogP contribution in [0.1, 0.15) is 25.6 Å². The van der Waals surface area contributed by atoms with Crippen molar-refractivity contribution < 1.29 is 4.74 Å². The lowest BCUT2D eigenvalue weighted by atomic mass is 10.1. The average molecular weight is 226 g/mol. The van der Waals surface area contributed by atoms with Gasteiger partial charge in [-0.1, -0.05) is 6.92 Å². The molecule has 0 spiro atoms. The molecule has 16 heavy (non-hydrogen) atoms. The van der Waals surface area contributed by atoms with Gasteiger partial charge in [0.1, 0.15) is 12.2 Å². The third-order valence-corrected chi connectivity index (χ3v) is 2.59. The second-order valence-corrected chi connectivity index (χ2v) is 3.94. The van der Waals surface area contributed by atoms with E-state index in [-0.39, 0.29) is 0 Å². The Kier molecular flexibility index (Phi) is 6.03. The molecule has 0 saturated heterocycles. The normalized spacial score (nSPS) is 12.9. The molecule has 1 aromatic rings. The molecule has 0 saturated carbocycles. The van der Waals surface area contributed by atoms with E-state index in [9.17, 15) is 0 Å². The smallest absolute Gasteiger partial charge is 0.138 e. The van der Waals surface area contributed by atoms with Crippen LogP contribution in [0.15, 0.2) is 6.33 Å². The largest absolute Gasteiger partial charge is 0.385 e. The molecule has 0 amide bonds. The summed E-state index contributed by atoms with van der Waals surface area (Å²) >= 11 is 0. The van der Waals surface area contributed by atoms with Gasteiger partial charge in [0, 0.05) is 33.2 Å². The second kappa shape index (κ2) is 7.35. The maximum absolute atomic E-state index is 5.12. The van der Waals surface area contributed by atoms with E-state index in [1.165, 1.54) is 0 Å². The van der Waals surface area contributed by atoms with Crippen LogP contribution in [0.4, 0.5) is 0 Å². The van der Waals surface area contributed by atoms with Crippen molar-refractivity contribution >= 4 is 0 Å². The fourth-order valence-corrected chi connectivity index (χ4v) is 1.61. The average Bonchev–Trinajstić information content (AvgIpc) is 2.68. The molecule has 1 N–H and O–H groups in total. The Morgan fingerprint density at radius 2 is 2.38 bits per heavy atom. The molecule has 0 bridgehead atoms. The minimum atomic E-state index is 0.419. The van der Waals surface area contributed by atoms with Crippen LogP contribution < -0.4 is 5.32 Å². The number of nitrogens with one attached hydrogen (secondary N) is 1. The zero-order chi connectivity index (χ0) is 11.8. The Bertz CT molecular complexity index is 279. The van der Waals surface area contributed by atoms with Gasteiger partial charge in [0.15, 0.2) is 0 Å². The maximum atomic E-state index is 5.12. The number of aryl methyl sites for hydroxylation is 1. The maximum Gasteiger partial charge on any atom is 0.138 e. The number of aromatic nitrogens is 3. The third kappa shape index (κ3) is 4.28. The number of rotatable bonds is 8. The van der Waals surface area contributed by atoms with Crippen LogP contribution in [0.25, 0.3) is 0 Å². The van der Waals surface area contributed by atoms with Crippen LogP contribution in [0.5, 0.6) is 0 Å². The van der Waals surface area contributed by atoms with Gasteiger partial charge >= 0.3 is 0 Å². The molecule has 0 radical (unpaired) electrons. The van der Waals surface area contributed by atoms with E-state index in [0.29, 0.717) is 6.04 Å². The molecule has 1 rings (SSSR count). The molecule has 0 fully saturated rings. The van der Waals surface area contributed by atoms with Gasteiger partial charge in [0.25, 0.3) is 0 Å². The number of ether oxygens (including phenoxy) is 1. The van der Waals surface area contributed by atoms with Crippen molar-refractivity contribution in [3.8, 4) is 0 Å². The highest BCUT2D eigenvalue weighted by Gasteiger charge is 2.11. The standard InChI is InChI=1S/C11H22N4O/c1-4-6-12-10(5-7-16-3)8-11-13-9-14-15(11)2/h9-10,12H,4-8H2,1-3H3. The molecular formula is C11H22N4O. The summed E-state index contributed by atoms with van der Waals surface area (Å²) in [6.45, 7) is 3.98.